The van der Waals surface area contributed by atoms with Crippen LogP contribution in [0.3, 0.4) is 0 Å². The highest BCUT2D eigenvalue weighted by Crippen LogP contribution is 2.33. The van der Waals surface area contributed by atoms with Gasteiger partial charge in [-0.3, -0.25) is 9.59 Å². The van der Waals surface area contributed by atoms with Crippen molar-refractivity contribution in [3.8, 4) is 5.75 Å². The van der Waals surface area contributed by atoms with Crippen LogP contribution in [-0.4, -0.2) is 30.5 Å². The first kappa shape index (κ1) is 20.8. The molecular weight excluding hydrogens is 423 g/mol. The first-order chi connectivity index (χ1) is 13.4. The van der Waals surface area contributed by atoms with Gasteiger partial charge in [0.15, 0.2) is 6.61 Å². The molecule has 1 aliphatic carbocycles. The summed E-state index contributed by atoms with van der Waals surface area (Å²) >= 11 is 17.9. The molecule has 2 aromatic rings. The molecule has 1 atom stereocenters. The highest BCUT2D eigenvalue weighted by Gasteiger charge is 2.28. The molecule has 0 aromatic heterocycles. The number of ether oxygens (including phenoxy) is 1. The van der Waals surface area contributed by atoms with Crippen LogP contribution in [0.5, 0.6) is 5.75 Å². The molecule has 1 aliphatic rings. The van der Waals surface area contributed by atoms with Crippen LogP contribution in [0.4, 0.5) is 0 Å². The standard InChI is InChI=1S/C20H19Cl3N2O3/c21-14-9-16(23)18(10-15(14)22)28-11-19(26)25-17(20(27)24-13-6-7-13)8-12-4-2-1-3-5-12/h1-5,9-10,13,17H,6-8,11H2,(H,24,27)(H,25,26). The van der Waals surface area contributed by atoms with Crippen LogP contribution in [-0.2, 0) is 16.0 Å². The van der Waals surface area contributed by atoms with Crippen molar-refractivity contribution in [2.45, 2.75) is 31.3 Å². The van der Waals surface area contributed by atoms with Crippen LogP contribution in [0, 0.1) is 0 Å². The van der Waals surface area contributed by atoms with Crippen molar-refractivity contribution in [1.29, 1.82) is 0 Å². The van der Waals surface area contributed by atoms with E-state index in [1.165, 1.54) is 12.1 Å². The maximum Gasteiger partial charge on any atom is 0.258 e. The third-order valence-electron chi connectivity index (χ3n) is 4.19. The summed E-state index contributed by atoms with van der Waals surface area (Å²) in [6, 6.07) is 11.9. The molecular formula is C20H19Cl3N2O3. The molecule has 0 saturated heterocycles. The second-order valence-electron chi connectivity index (χ2n) is 6.58. The number of hydrogen-bond donors (Lipinski definition) is 2. The lowest BCUT2D eigenvalue weighted by atomic mass is 10.1. The zero-order chi connectivity index (χ0) is 20.1. The quantitative estimate of drug-likeness (QED) is 0.608. The van der Waals surface area contributed by atoms with Gasteiger partial charge < -0.3 is 15.4 Å². The summed E-state index contributed by atoms with van der Waals surface area (Å²) in [5, 5.41) is 6.47. The molecule has 28 heavy (non-hydrogen) atoms. The minimum absolute atomic E-state index is 0.202. The van der Waals surface area contributed by atoms with E-state index < -0.39 is 11.9 Å². The largest absolute Gasteiger partial charge is 0.482 e. The molecule has 0 heterocycles. The average Bonchev–Trinajstić information content (AvgIpc) is 3.48. The Labute approximate surface area is 178 Å². The summed E-state index contributed by atoms with van der Waals surface area (Å²) in [5.74, 6) is -0.394. The molecule has 0 bridgehead atoms. The van der Waals surface area contributed by atoms with Gasteiger partial charge in [0.25, 0.3) is 5.91 Å². The van der Waals surface area contributed by atoms with Crippen molar-refractivity contribution in [3.63, 3.8) is 0 Å². The lowest BCUT2D eigenvalue weighted by Gasteiger charge is -2.19. The van der Waals surface area contributed by atoms with Gasteiger partial charge in [-0.1, -0.05) is 65.1 Å². The van der Waals surface area contributed by atoms with E-state index in [-0.39, 0.29) is 34.4 Å². The second kappa shape index (κ2) is 9.50. The summed E-state index contributed by atoms with van der Waals surface area (Å²) in [6.07, 6.45) is 2.33. The Balaban J connectivity index is 1.61. The number of rotatable bonds is 8. The van der Waals surface area contributed by atoms with E-state index in [0.717, 1.165) is 18.4 Å². The number of carbonyl (C=O) groups is 2. The Bertz CT molecular complexity index is 857. The molecule has 148 valence electrons. The minimum Gasteiger partial charge on any atom is -0.482 e. The van der Waals surface area contributed by atoms with Crippen LogP contribution in [0.25, 0.3) is 0 Å². The summed E-state index contributed by atoms with van der Waals surface area (Å²) in [6.45, 7) is -0.306. The van der Waals surface area contributed by atoms with E-state index in [1.54, 1.807) is 0 Å². The van der Waals surface area contributed by atoms with Crippen LogP contribution in [0.15, 0.2) is 42.5 Å². The highest BCUT2D eigenvalue weighted by atomic mass is 35.5. The molecule has 1 fully saturated rings. The molecule has 0 aliphatic heterocycles. The van der Waals surface area contributed by atoms with Crippen LogP contribution in [0.1, 0.15) is 18.4 Å². The normalized spacial score (nSPS) is 14.2. The molecule has 1 unspecified atom stereocenters. The van der Waals surface area contributed by atoms with Crippen LogP contribution < -0.4 is 15.4 Å². The van der Waals surface area contributed by atoms with Crippen molar-refractivity contribution in [1.82, 2.24) is 10.6 Å². The van der Waals surface area contributed by atoms with Crippen molar-refractivity contribution >= 4 is 46.6 Å². The number of carbonyl (C=O) groups excluding carboxylic acids is 2. The minimum atomic E-state index is -0.691. The van der Waals surface area contributed by atoms with Gasteiger partial charge in [-0.05, 0) is 24.5 Å². The average molecular weight is 442 g/mol. The maximum atomic E-state index is 12.5. The van der Waals surface area contributed by atoms with Gasteiger partial charge in [0.1, 0.15) is 11.8 Å². The number of hydrogen-bond acceptors (Lipinski definition) is 3. The molecule has 0 spiro atoms. The Morgan fingerprint density at radius 1 is 1.04 bits per heavy atom. The molecule has 0 radical (unpaired) electrons. The highest BCUT2D eigenvalue weighted by molar-refractivity contribution is 6.43. The van der Waals surface area contributed by atoms with Gasteiger partial charge in [0.05, 0.1) is 15.1 Å². The Hall–Kier alpha value is -1.95. The predicted molar refractivity (Wildman–Crippen MR) is 110 cm³/mol. The fourth-order valence-corrected chi connectivity index (χ4v) is 3.17. The lowest BCUT2D eigenvalue weighted by Crippen LogP contribution is -2.49. The van der Waals surface area contributed by atoms with E-state index in [2.05, 4.69) is 10.6 Å². The number of amides is 2. The van der Waals surface area contributed by atoms with Crippen molar-refractivity contribution in [2.24, 2.45) is 0 Å². The SMILES string of the molecule is O=C(COc1cc(Cl)c(Cl)cc1Cl)NC(Cc1ccccc1)C(=O)NC1CC1. The third-order valence-corrected chi connectivity index (χ3v) is 5.21. The first-order valence-corrected chi connectivity index (χ1v) is 9.97. The van der Waals surface area contributed by atoms with E-state index in [1.807, 2.05) is 30.3 Å². The fourth-order valence-electron chi connectivity index (χ4n) is 2.58. The molecule has 8 heteroatoms. The lowest BCUT2D eigenvalue weighted by molar-refractivity contribution is -0.130. The molecule has 3 rings (SSSR count). The zero-order valence-electron chi connectivity index (χ0n) is 14.9. The van der Waals surface area contributed by atoms with Crippen LogP contribution in [0.2, 0.25) is 15.1 Å². The van der Waals surface area contributed by atoms with E-state index in [4.69, 9.17) is 39.5 Å². The number of halogens is 3. The van der Waals surface area contributed by atoms with Crippen molar-refractivity contribution in [3.05, 3.63) is 63.1 Å². The van der Waals surface area contributed by atoms with E-state index >= 15 is 0 Å². The Morgan fingerprint density at radius 3 is 2.39 bits per heavy atom. The van der Waals surface area contributed by atoms with Gasteiger partial charge in [-0.25, -0.2) is 0 Å². The zero-order valence-corrected chi connectivity index (χ0v) is 17.2. The summed E-state index contributed by atoms with van der Waals surface area (Å²) in [7, 11) is 0. The van der Waals surface area contributed by atoms with Gasteiger partial charge in [-0.2, -0.15) is 0 Å². The van der Waals surface area contributed by atoms with Crippen molar-refractivity contribution < 1.29 is 14.3 Å². The third kappa shape index (κ3) is 6.03. The maximum absolute atomic E-state index is 12.5. The number of nitrogens with one attached hydrogen (secondary N) is 2. The second-order valence-corrected chi connectivity index (χ2v) is 7.80. The molecule has 2 aromatic carbocycles. The van der Waals surface area contributed by atoms with Crippen molar-refractivity contribution in [2.75, 3.05) is 6.61 Å². The predicted octanol–water partition coefficient (Wildman–Crippen LogP) is 4.03. The monoisotopic (exact) mass is 440 g/mol. The summed E-state index contributed by atoms with van der Waals surface area (Å²) < 4.78 is 5.44. The van der Waals surface area contributed by atoms with Gasteiger partial charge in [-0.15, -0.1) is 0 Å². The fraction of sp³-hybridized carbons (Fsp3) is 0.300. The summed E-state index contributed by atoms with van der Waals surface area (Å²) in [4.78, 5) is 24.9. The molecule has 2 N–H and O–H groups in total. The van der Waals surface area contributed by atoms with E-state index in [0.29, 0.717) is 11.4 Å². The first-order valence-electron chi connectivity index (χ1n) is 8.83. The molecule has 1 saturated carbocycles. The molecule has 5 nitrogen and oxygen atoms in total. The van der Waals surface area contributed by atoms with Gasteiger partial charge in [0, 0.05) is 18.5 Å². The van der Waals surface area contributed by atoms with E-state index in [9.17, 15) is 9.59 Å². The van der Waals surface area contributed by atoms with Gasteiger partial charge >= 0.3 is 0 Å². The number of benzene rings is 2. The summed E-state index contributed by atoms with van der Waals surface area (Å²) in [5.41, 5.74) is 0.951. The topological polar surface area (TPSA) is 67.4 Å². The Kier molecular flexibility index (Phi) is 7.05. The smallest absolute Gasteiger partial charge is 0.258 e. The Morgan fingerprint density at radius 2 is 1.71 bits per heavy atom. The van der Waals surface area contributed by atoms with Crippen LogP contribution >= 0.6 is 34.8 Å². The van der Waals surface area contributed by atoms with Gasteiger partial charge in [0.2, 0.25) is 5.91 Å². The molecule has 2 amide bonds.